The second-order valence-electron chi connectivity index (χ2n) is 6.32. The van der Waals surface area contributed by atoms with Crippen molar-refractivity contribution in [1.29, 1.82) is 0 Å². The molecule has 0 aromatic carbocycles. The first-order valence-electron chi connectivity index (χ1n) is 7.55. The van der Waals surface area contributed by atoms with Crippen molar-refractivity contribution in [2.45, 2.75) is 25.7 Å². The zero-order valence-electron chi connectivity index (χ0n) is 13.6. The van der Waals surface area contributed by atoms with Crippen molar-refractivity contribution in [1.82, 2.24) is 10.2 Å². The highest BCUT2D eigenvalue weighted by Gasteiger charge is 2.27. The fraction of sp³-hybridized carbons (Fsp3) is 0.688. The van der Waals surface area contributed by atoms with E-state index in [1.165, 1.54) is 11.3 Å². The van der Waals surface area contributed by atoms with E-state index in [2.05, 4.69) is 46.6 Å². The molecule has 0 spiro atoms. The van der Waals surface area contributed by atoms with Crippen LogP contribution in [-0.2, 0) is 10.2 Å². The molecule has 1 aliphatic rings. The molecule has 118 valence electrons. The van der Waals surface area contributed by atoms with Gasteiger partial charge < -0.3 is 15.0 Å². The lowest BCUT2D eigenvalue weighted by molar-refractivity contribution is 0.157. The molecule has 0 saturated carbocycles. The summed E-state index contributed by atoms with van der Waals surface area (Å²) in [5, 5.41) is 5.68. The van der Waals surface area contributed by atoms with Crippen LogP contribution in [0.25, 0.3) is 0 Å². The minimum Gasteiger partial charge on any atom is -0.384 e. The summed E-state index contributed by atoms with van der Waals surface area (Å²) in [4.78, 5) is 8.19. The van der Waals surface area contributed by atoms with Gasteiger partial charge in [-0.25, -0.2) is 0 Å². The quantitative estimate of drug-likeness (QED) is 0.671. The molecule has 2 rings (SSSR count). The van der Waals surface area contributed by atoms with Gasteiger partial charge in [0.1, 0.15) is 0 Å². The number of rotatable bonds is 5. The zero-order valence-corrected chi connectivity index (χ0v) is 14.4. The molecule has 1 aliphatic heterocycles. The first-order valence-corrected chi connectivity index (χ1v) is 8.43. The number of ether oxygens (including phenoxy) is 1. The third-order valence-electron chi connectivity index (χ3n) is 4.08. The van der Waals surface area contributed by atoms with E-state index in [-0.39, 0.29) is 5.41 Å². The van der Waals surface area contributed by atoms with Crippen LogP contribution in [-0.4, -0.2) is 51.3 Å². The number of thiophene rings is 1. The van der Waals surface area contributed by atoms with E-state index in [1.54, 1.807) is 7.11 Å². The summed E-state index contributed by atoms with van der Waals surface area (Å²) in [6, 6.07) is 4.33. The van der Waals surface area contributed by atoms with Gasteiger partial charge in [0.25, 0.3) is 0 Å². The lowest BCUT2D eigenvalue weighted by Gasteiger charge is -2.28. The molecule has 1 aromatic heterocycles. The molecular formula is C16H27N3OS. The SMILES string of the molecule is CN=C(NCC(C)(C)c1cccs1)N1CCC(COC)C1. The lowest BCUT2D eigenvalue weighted by atomic mass is 9.91. The van der Waals surface area contributed by atoms with Gasteiger partial charge in [0.2, 0.25) is 0 Å². The van der Waals surface area contributed by atoms with E-state index in [0.29, 0.717) is 5.92 Å². The number of likely N-dealkylation sites (tertiary alicyclic amines) is 1. The van der Waals surface area contributed by atoms with Gasteiger partial charge in [-0.3, -0.25) is 4.99 Å². The summed E-state index contributed by atoms with van der Waals surface area (Å²) in [5.41, 5.74) is 0.121. The van der Waals surface area contributed by atoms with Crippen molar-refractivity contribution < 1.29 is 4.74 Å². The summed E-state index contributed by atoms with van der Waals surface area (Å²) >= 11 is 1.82. The molecule has 1 aromatic rings. The van der Waals surface area contributed by atoms with E-state index >= 15 is 0 Å². The van der Waals surface area contributed by atoms with Crippen molar-refractivity contribution in [2.75, 3.05) is 40.4 Å². The van der Waals surface area contributed by atoms with Crippen LogP contribution in [0.15, 0.2) is 22.5 Å². The average molecular weight is 309 g/mol. The molecule has 4 nitrogen and oxygen atoms in total. The first kappa shape index (κ1) is 16.3. The predicted molar refractivity (Wildman–Crippen MR) is 90.3 cm³/mol. The Morgan fingerprint density at radius 3 is 3.00 bits per heavy atom. The molecular weight excluding hydrogens is 282 g/mol. The number of nitrogens with zero attached hydrogens (tertiary/aromatic N) is 2. The van der Waals surface area contributed by atoms with Crippen molar-refractivity contribution in [3.8, 4) is 0 Å². The fourth-order valence-electron chi connectivity index (χ4n) is 2.78. The van der Waals surface area contributed by atoms with Crippen molar-refractivity contribution in [3.05, 3.63) is 22.4 Å². The second kappa shape index (κ2) is 7.27. The molecule has 2 heterocycles. The fourth-order valence-corrected chi connectivity index (χ4v) is 3.63. The number of nitrogens with one attached hydrogen (secondary N) is 1. The summed E-state index contributed by atoms with van der Waals surface area (Å²) < 4.78 is 5.27. The Balaban J connectivity index is 1.89. The standard InChI is InChI=1S/C16H27N3OS/c1-16(2,14-6-5-9-21-14)12-18-15(17-3)19-8-7-13(10-19)11-20-4/h5-6,9,13H,7-8,10-12H2,1-4H3,(H,17,18). The molecule has 0 aliphatic carbocycles. The molecule has 0 radical (unpaired) electrons. The lowest BCUT2D eigenvalue weighted by Crippen LogP contribution is -2.44. The molecule has 1 fully saturated rings. The molecule has 1 unspecified atom stereocenters. The Kier molecular flexibility index (Phi) is 5.65. The van der Waals surface area contributed by atoms with Crippen LogP contribution in [0.4, 0.5) is 0 Å². The first-order chi connectivity index (χ1) is 10.1. The number of methoxy groups -OCH3 is 1. The predicted octanol–water partition coefficient (Wildman–Crippen LogP) is 2.57. The summed E-state index contributed by atoms with van der Waals surface area (Å²) in [6.45, 7) is 8.38. The zero-order chi connectivity index (χ0) is 15.3. The number of hydrogen-bond donors (Lipinski definition) is 1. The van der Waals surface area contributed by atoms with Gasteiger partial charge in [0.05, 0.1) is 6.61 Å². The van der Waals surface area contributed by atoms with Gasteiger partial charge in [0, 0.05) is 50.0 Å². The van der Waals surface area contributed by atoms with Crippen LogP contribution in [0.5, 0.6) is 0 Å². The van der Waals surface area contributed by atoms with Crippen molar-refractivity contribution >= 4 is 17.3 Å². The van der Waals surface area contributed by atoms with Crippen LogP contribution in [0.2, 0.25) is 0 Å². The van der Waals surface area contributed by atoms with Gasteiger partial charge in [-0.2, -0.15) is 0 Å². The maximum absolute atomic E-state index is 5.27. The van der Waals surface area contributed by atoms with Crippen LogP contribution in [0, 0.1) is 5.92 Å². The van der Waals surface area contributed by atoms with Crippen molar-refractivity contribution in [2.24, 2.45) is 10.9 Å². The van der Waals surface area contributed by atoms with Gasteiger partial charge in [-0.1, -0.05) is 19.9 Å². The normalized spacial score (nSPS) is 20.1. The number of aliphatic imine (C=N–C) groups is 1. The van der Waals surface area contributed by atoms with Gasteiger partial charge in [0.15, 0.2) is 5.96 Å². The van der Waals surface area contributed by atoms with E-state index in [4.69, 9.17) is 4.74 Å². The third-order valence-corrected chi connectivity index (χ3v) is 5.31. The minimum atomic E-state index is 0.121. The van der Waals surface area contributed by atoms with Crippen LogP contribution < -0.4 is 5.32 Å². The average Bonchev–Trinajstić information content (AvgIpc) is 3.11. The van der Waals surface area contributed by atoms with E-state index in [9.17, 15) is 0 Å². The van der Waals surface area contributed by atoms with E-state index in [0.717, 1.165) is 32.2 Å². The smallest absolute Gasteiger partial charge is 0.193 e. The molecule has 1 N–H and O–H groups in total. The van der Waals surface area contributed by atoms with Crippen molar-refractivity contribution in [3.63, 3.8) is 0 Å². The molecule has 0 amide bonds. The highest BCUT2D eigenvalue weighted by Crippen LogP contribution is 2.26. The molecule has 1 atom stereocenters. The van der Waals surface area contributed by atoms with Gasteiger partial charge in [-0.05, 0) is 17.9 Å². The topological polar surface area (TPSA) is 36.9 Å². The Morgan fingerprint density at radius 2 is 2.38 bits per heavy atom. The van der Waals surface area contributed by atoms with E-state index < -0.39 is 0 Å². The molecule has 0 bridgehead atoms. The highest BCUT2D eigenvalue weighted by atomic mass is 32.1. The van der Waals surface area contributed by atoms with Crippen LogP contribution >= 0.6 is 11.3 Å². The number of guanidine groups is 1. The van der Waals surface area contributed by atoms with Gasteiger partial charge in [-0.15, -0.1) is 11.3 Å². The Labute approximate surface area is 132 Å². The third kappa shape index (κ3) is 4.20. The maximum atomic E-state index is 5.27. The highest BCUT2D eigenvalue weighted by molar-refractivity contribution is 7.10. The number of hydrogen-bond acceptors (Lipinski definition) is 3. The molecule has 5 heteroatoms. The molecule has 1 saturated heterocycles. The maximum Gasteiger partial charge on any atom is 0.193 e. The second-order valence-corrected chi connectivity index (χ2v) is 7.27. The summed E-state index contributed by atoms with van der Waals surface area (Å²) in [5.74, 6) is 1.64. The van der Waals surface area contributed by atoms with E-state index in [1.807, 2.05) is 18.4 Å². The van der Waals surface area contributed by atoms with Crippen LogP contribution in [0.3, 0.4) is 0 Å². The van der Waals surface area contributed by atoms with Gasteiger partial charge >= 0.3 is 0 Å². The largest absolute Gasteiger partial charge is 0.384 e. The van der Waals surface area contributed by atoms with Crippen LogP contribution in [0.1, 0.15) is 25.1 Å². The monoisotopic (exact) mass is 309 g/mol. The molecule has 21 heavy (non-hydrogen) atoms. The summed E-state index contributed by atoms with van der Waals surface area (Å²) in [6.07, 6.45) is 1.18. The minimum absolute atomic E-state index is 0.121. The summed E-state index contributed by atoms with van der Waals surface area (Å²) in [7, 11) is 3.64. The Bertz CT molecular complexity index is 456. The Morgan fingerprint density at radius 1 is 1.57 bits per heavy atom. The Hall–Kier alpha value is -1.07.